The molecule has 1 N–H and O–H groups in total. The maximum absolute atomic E-state index is 12.3. The summed E-state index contributed by atoms with van der Waals surface area (Å²) in [4.78, 5) is 0. The van der Waals surface area contributed by atoms with Crippen LogP contribution in [0.3, 0.4) is 0 Å². The number of fused-ring (bicyclic) bond motifs is 1. The number of halogens is 1. The Kier molecular flexibility index (Phi) is 2.95. The molecule has 4 nitrogen and oxygen atoms in total. The van der Waals surface area contributed by atoms with Crippen LogP contribution in [0.25, 0.3) is 0 Å². The summed E-state index contributed by atoms with van der Waals surface area (Å²) in [6.45, 7) is 3.13. The number of sulfonamides is 1. The quantitative estimate of drug-likeness (QED) is 0.892. The molecule has 0 aliphatic carbocycles. The number of nitrogens with one attached hydrogen (secondary N) is 1. The molecular formula is C10H13ClN2O2S2. The summed E-state index contributed by atoms with van der Waals surface area (Å²) in [5.74, 6) is 0.945. The van der Waals surface area contributed by atoms with Crippen LogP contribution in [0.4, 0.5) is 0 Å². The van der Waals surface area contributed by atoms with Gasteiger partial charge in [0.15, 0.2) is 0 Å². The summed E-state index contributed by atoms with van der Waals surface area (Å²) in [5.41, 5.74) is 0. The molecule has 0 spiro atoms. The van der Waals surface area contributed by atoms with Crippen LogP contribution in [0.1, 0.15) is 0 Å². The number of nitrogens with zero attached hydrogens (tertiary/aromatic N) is 1. The van der Waals surface area contributed by atoms with E-state index in [0.717, 1.165) is 24.4 Å². The normalized spacial score (nSPS) is 29.7. The third-order valence-electron chi connectivity index (χ3n) is 3.50. The average Bonchev–Trinajstić information content (AvgIpc) is 2.89. The highest BCUT2D eigenvalue weighted by molar-refractivity contribution is 7.91. The lowest BCUT2D eigenvalue weighted by molar-refractivity contribution is 0.449. The minimum absolute atomic E-state index is 0.357. The third-order valence-corrected chi connectivity index (χ3v) is 7.03. The van der Waals surface area contributed by atoms with E-state index < -0.39 is 10.0 Å². The average molecular weight is 293 g/mol. The number of hydrogen-bond acceptors (Lipinski definition) is 4. The van der Waals surface area contributed by atoms with Gasteiger partial charge in [0.25, 0.3) is 10.0 Å². The van der Waals surface area contributed by atoms with Gasteiger partial charge in [-0.15, -0.1) is 11.3 Å². The molecule has 1 aromatic heterocycles. The summed E-state index contributed by atoms with van der Waals surface area (Å²) in [5, 5.41) is 3.30. The van der Waals surface area contributed by atoms with Gasteiger partial charge in [-0.1, -0.05) is 11.6 Å². The van der Waals surface area contributed by atoms with Crippen LogP contribution in [0.2, 0.25) is 4.34 Å². The van der Waals surface area contributed by atoms with Crippen LogP contribution in [-0.4, -0.2) is 38.9 Å². The summed E-state index contributed by atoms with van der Waals surface area (Å²) < 4.78 is 27.1. The van der Waals surface area contributed by atoms with Crippen LogP contribution in [0.5, 0.6) is 0 Å². The Morgan fingerprint density at radius 1 is 1.29 bits per heavy atom. The smallest absolute Gasteiger partial charge is 0.252 e. The predicted octanol–water partition coefficient (Wildman–Crippen LogP) is 1.24. The molecule has 3 heterocycles. The Hall–Kier alpha value is -0.140. The lowest BCUT2D eigenvalue weighted by Gasteiger charge is -2.15. The van der Waals surface area contributed by atoms with Gasteiger partial charge < -0.3 is 5.32 Å². The molecule has 17 heavy (non-hydrogen) atoms. The predicted molar refractivity (Wildman–Crippen MR) is 67.9 cm³/mol. The second-order valence-electron chi connectivity index (χ2n) is 4.56. The minimum atomic E-state index is -3.32. The topological polar surface area (TPSA) is 49.4 Å². The SMILES string of the molecule is O=S(=O)(c1ccc(Cl)s1)N1C[C@H]2CNC[C@H]2C1. The Morgan fingerprint density at radius 2 is 1.94 bits per heavy atom. The molecule has 0 radical (unpaired) electrons. The molecule has 2 saturated heterocycles. The standard InChI is InChI=1S/C10H13ClN2O2S2/c11-9-1-2-10(16-9)17(14,15)13-5-7-3-12-4-8(7)6-13/h1-2,7-8,12H,3-6H2/t7-,8+. The van der Waals surface area contributed by atoms with Gasteiger partial charge in [-0.3, -0.25) is 0 Å². The molecular weight excluding hydrogens is 280 g/mol. The van der Waals surface area contributed by atoms with Crippen molar-refractivity contribution >= 4 is 33.0 Å². The van der Waals surface area contributed by atoms with Gasteiger partial charge in [-0.25, -0.2) is 8.42 Å². The first-order valence-electron chi connectivity index (χ1n) is 5.53. The van der Waals surface area contributed by atoms with E-state index in [4.69, 9.17) is 11.6 Å². The summed E-state index contributed by atoms with van der Waals surface area (Å²) >= 11 is 6.92. The summed E-state index contributed by atoms with van der Waals surface area (Å²) in [7, 11) is -3.32. The first-order chi connectivity index (χ1) is 8.07. The molecule has 2 fully saturated rings. The molecule has 0 aromatic carbocycles. The molecule has 2 atom stereocenters. The Bertz CT molecular complexity index is 516. The van der Waals surface area contributed by atoms with Crippen LogP contribution >= 0.6 is 22.9 Å². The van der Waals surface area contributed by atoms with Crippen LogP contribution in [-0.2, 0) is 10.0 Å². The van der Waals surface area contributed by atoms with Gasteiger partial charge in [0, 0.05) is 13.1 Å². The van der Waals surface area contributed by atoms with E-state index in [1.165, 1.54) is 0 Å². The van der Waals surface area contributed by atoms with Crippen molar-refractivity contribution in [1.29, 1.82) is 0 Å². The van der Waals surface area contributed by atoms with Crippen molar-refractivity contribution in [2.24, 2.45) is 11.8 Å². The highest BCUT2D eigenvalue weighted by Crippen LogP contribution is 2.34. The van der Waals surface area contributed by atoms with E-state index in [2.05, 4.69) is 5.32 Å². The van der Waals surface area contributed by atoms with Crippen molar-refractivity contribution in [3.8, 4) is 0 Å². The van der Waals surface area contributed by atoms with Gasteiger partial charge >= 0.3 is 0 Å². The van der Waals surface area contributed by atoms with E-state index in [-0.39, 0.29) is 0 Å². The van der Waals surface area contributed by atoms with Crippen LogP contribution in [0, 0.1) is 11.8 Å². The van der Waals surface area contributed by atoms with E-state index >= 15 is 0 Å². The zero-order valence-electron chi connectivity index (χ0n) is 9.10. The fraction of sp³-hybridized carbons (Fsp3) is 0.600. The molecule has 0 bridgehead atoms. The van der Waals surface area contributed by atoms with Crippen molar-refractivity contribution < 1.29 is 8.42 Å². The highest BCUT2D eigenvalue weighted by atomic mass is 35.5. The van der Waals surface area contributed by atoms with E-state index in [9.17, 15) is 8.42 Å². The third kappa shape index (κ3) is 2.02. The van der Waals surface area contributed by atoms with Crippen LogP contribution in [0.15, 0.2) is 16.3 Å². The number of hydrogen-bond donors (Lipinski definition) is 1. The summed E-state index contributed by atoms with van der Waals surface area (Å²) in [6.07, 6.45) is 0. The van der Waals surface area contributed by atoms with E-state index in [1.54, 1.807) is 16.4 Å². The summed E-state index contributed by atoms with van der Waals surface area (Å²) in [6, 6.07) is 3.23. The fourth-order valence-corrected chi connectivity index (χ4v) is 5.76. The molecule has 94 valence electrons. The molecule has 2 aliphatic heterocycles. The Balaban J connectivity index is 1.85. The minimum Gasteiger partial charge on any atom is -0.316 e. The van der Waals surface area contributed by atoms with Crippen molar-refractivity contribution in [1.82, 2.24) is 9.62 Å². The van der Waals surface area contributed by atoms with Gasteiger partial charge in [-0.05, 0) is 37.1 Å². The van der Waals surface area contributed by atoms with Gasteiger partial charge in [0.05, 0.1) is 4.34 Å². The Morgan fingerprint density at radius 3 is 2.47 bits per heavy atom. The maximum Gasteiger partial charge on any atom is 0.252 e. The first-order valence-corrected chi connectivity index (χ1v) is 8.17. The second-order valence-corrected chi connectivity index (χ2v) is 8.44. The molecule has 0 amide bonds. The monoisotopic (exact) mass is 292 g/mol. The zero-order valence-corrected chi connectivity index (χ0v) is 11.5. The molecule has 3 rings (SSSR count). The zero-order chi connectivity index (χ0) is 12.0. The van der Waals surface area contributed by atoms with Crippen LogP contribution < -0.4 is 5.32 Å². The number of rotatable bonds is 2. The fourth-order valence-electron chi connectivity index (χ4n) is 2.57. The first kappa shape index (κ1) is 11.9. The maximum atomic E-state index is 12.3. The number of thiophene rings is 1. The molecule has 1 aromatic rings. The van der Waals surface area contributed by atoms with Gasteiger partial charge in [0.2, 0.25) is 0 Å². The van der Waals surface area contributed by atoms with E-state index in [0.29, 0.717) is 33.5 Å². The lowest BCUT2D eigenvalue weighted by Crippen LogP contribution is -2.31. The molecule has 0 unspecified atom stereocenters. The molecule has 7 heteroatoms. The van der Waals surface area contributed by atoms with Crippen molar-refractivity contribution in [2.75, 3.05) is 26.2 Å². The van der Waals surface area contributed by atoms with Crippen molar-refractivity contribution in [3.63, 3.8) is 0 Å². The Labute approximate surface area is 110 Å². The van der Waals surface area contributed by atoms with Crippen molar-refractivity contribution in [3.05, 3.63) is 16.5 Å². The van der Waals surface area contributed by atoms with Gasteiger partial charge in [0.1, 0.15) is 4.21 Å². The second kappa shape index (κ2) is 4.20. The largest absolute Gasteiger partial charge is 0.316 e. The molecule has 0 saturated carbocycles. The lowest BCUT2D eigenvalue weighted by atomic mass is 10.0. The van der Waals surface area contributed by atoms with Crippen molar-refractivity contribution in [2.45, 2.75) is 4.21 Å². The molecule has 2 aliphatic rings. The highest BCUT2D eigenvalue weighted by Gasteiger charge is 2.41. The van der Waals surface area contributed by atoms with Gasteiger partial charge in [-0.2, -0.15) is 4.31 Å². The van der Waals surface area contributed by atoms with E-state index in [1.807, 2.05) is 0 Å².